The van der Waals surface area contributed by atoms with E-state index in [0.717, 1.165) is 0 Å². The standard InChI is InChI=1S/C22H14ClNO5/c23-15-9-7-14(8-10-15)21(25)17-4-1-2-5-18(17)22(26)28-13-16-12-20(29-24-16)19-6-3-11-27-19/h1-12H,13H2. The number of hydrogen-bond acceptors (Lipinski definition) is 6. The highest BCUT2D eigenvalue weighted by Crippen LogP contribution is 2.22. The number of carbonyl (C=O) groups excluding carboxylic acids is 2. The lowest BCUT2D eigenvalue weighted by molar-refractivity contribution is 0.0461. The fraction of sp³-hybridized carbons (Fsp3) is 0.0455. The van der Waals surface area contributed by atoms with Crippen molar-refractivity contribution in [3.05, 3.63) is 100 Å². The van der Waals surface area contributed by atoms with E-state index in [1.54, 1.807) is 66.7 Å². The first kappa shape index (κ1) is 18.7. The Balaban J connectivity index is 1.49. The second-order valence-corrected chi connectivity index (χ2v) is 6.55. The number of carbonyl (C=O) groups is 2. The molecule has 29 heavy (non-hydrogen) atoms. The van der Waals surface area contributed by atoms with Crippen molar-refractivity contribution in [2.75, 3.05) is 0 Å². The van der Waals surface area contributed by atoms with Gasteiger partial charge in [-0.1, -0.05) is 35.0 Å². The molecule has 0 saturated carbocycles. The van der Waals surface area contributed by atoms with Gasteiger partial charge in [-0.2, -0.15) is 0 Å². The van der Waals surface area contributed by atoms with E-state index in [1.807, 2.05) is 0 Å². The van der Waals surface area contributed by atoms with Crippen molar-refractivity contribution in [2.24, 2.45) is 0 Å². The summed E-state index contributed by atoms with van der Waals surface area (Å²) in [4.78, 5) is 25.4. The predicted octanol–water partition coefficient (Wildman–Crippen LogP) is 5.18. The van der Waals surface area contributed by atoms with Crippen LogP contribution in [-0.2, 0) is 11.3 Å². The number of ether oxygens (including phenoxy) is 1. The second-order valence-electron chi connectivity index (χ2n) is 6.12. The van der Waals surface area contributed by atoms with Crippen LogP contribution in [0.5, 0.6) is 0 Å². The molecule has 4 aromatic rings. The normalized spacial score (nSPS) is 10.7. The first-order valence-corrected chi connectivity index (χ1v) is 9.05. The minimum absolute atomic E-state index is 0.105. The summed E-state index contributed by atoms with van der Waals surface area (Å²) in [5, 5.41) is 4.38. The molecule has 0 aliphatic rings. The number of ketones is 1. The maximum absolute atomic E-state index is 12.8. The molecule has 2 aromatic heterocycles. The SMILES string of the molecule is O=C(OCc1cc(-c2ccco2)on1)c1ccccc1C(=O)c1ccc(Cl)cc1. The molecule has 4 rings (SSSR count). The summed E-state index contributed by atoms with van der Waals surface area (Å²) in [6.07, 6.45) is 1.52. The molecule has 0 amide bonds. The summed E-state index contributed by atoms with van der Waals surface area (Å²) in [6.45, 7) is -0.105. The predicted molar refractivity (Wildman–Crippen MR) is 105 cm³/mol. The van der Waals surface area contributed by atoms with Crippen LogP contribution in [0.25, 0.3) is 11.5 Å². The molecule has 0 unspecified atom stereocenters. The number of aromatic nitrogens is 1. The van der Waals surface area contributed by atoms with Crippen LogP contribution in [0.3, 0.4) is 0 Å². The molecule has 0 aliphatic heterocycles. The third-order valence-corrected chi connectivity index (χ3v) is 4.42. The topological polar surface area (TPSA) is 82.5 Å². The number of esters is 1. The minimum atomic E-state index is -0.634. The van der Waals surface area contributed by atoms with Crippen LogP contribution in [-0.4, -0.2) is 16.9 Å². The Morgan fingerprint density at radius 2 is 1.69 bits per heavy atom. The second kappa shape index (κ2) is 8.16. The zero-order valence-electron chi connectivity index (χ0n) is 15.0. The number of halogens is 1. The largest absolute Gasteiger partial charge is 0.461 e. The van der Waals surface area contributed by atoms with Crippen LogP contribution in [0.15, 0.2) is 81.9 Å². The zero-order valence-corrected chi connectivity index (χ0v) is 15.8. The summed E-state index contributed by atoms with van der Waals surface area (Å²) >= 11 is 5.87. The third-order valence-electron chi connectivity index (χ3n) is 4.17. The molecular weight excluding hydrogens is 394 g/mol. The van der Waals surface area contributed by atoms with Gasteiger partial charge in [0.1, 0.15) is 12.3 Å². The molecule has 0 bridgehead atoms. The van der Waals surface area contributed by atoms with E-state index in [2.05, 4.69) is 5.16 Å². The Morgan fingerprint density at radius 1 is 0.931 bits per heavy atom. The Labute approximate surface area is 170 Å². The zero-order chi connectivity index (χ0) is 20.2. The molecule has 0 radical (unpaired) electrons. The summed E-state index contributed by atoms with van der Waals surface area (Å²) in [7, 11) is 0. The van der Waals surface area contributed by atoms with Crippen LogP contribution >= 0.6 is 11.6 Å². The molecule has 0 fully saturated rings. The summed E-state index contributed by atoms with van der Waals surface area (Å²) < 4.78 is 15.7. The molecule has 6 nitrogen and oxygen atoms in total. The maximum atomic E-state index is 12.8. The quantitative estimate of drug-likeness (QED) is 0.323. The van der Waals surface area contributed by atoms with E-state index < -0.39 is 5.97 Å². The number of benzene rings is 2. The highest BCUT2D eigenvalue weighted by Gasteiger charge is 2.20. The van der Waals surface area contributed by atoms with Crippen molar-refractivity contribution in [1.82, 2.24) is 5.16 Å². The Kier molecular flexibility index (Phi) is 5.27. The van der Waals surface area contributed by atoms with Crippen LogP contribution in [0, 0.1) is 0 Å². The number of furan rings is 1. The molecule has 0 spiro atoms. The summed E-state index contributed by atoms with van der Waals surface area (Å²) in [5.74, 6) is 0.0227. The first-order chi connectivity index (χ1) is 14.1. The molecule has 0 atom stereocenters. The van der Waals surface area contributed by atoms with E-state index in [-0.39, 0.29) is 23.5 Å². The fourth-order valence-electron chi connectivity index (χ4n) is 2.75. The molecule has 144 valence electrons. The van der Waals surface area contributed by atoms with Gasteiger partial charge in [0, 0.05) is 22.2 Å². The molecule has 0 saturated heterocycles. The van der Waals surface area contributed by atoms with Crippen LogP contribution in [0.1, 0.15) is 32.0 Å². The lowest BCUT2D eigenvalue weighted by Crippen LogP contribution is -2.12. The van der Waals surface area contributed by atoms with Crippen molar-refractivity contribution in [1.29, 1.82) is 0 Å². The van der Waals surface area contributed by atoms with Gasteiger partial charge in [-0.3, -0.25) is 4.79 Å². The molecular formula is C22H14ClNO5. The first-order valence-electron chi connectivity index (χ1n) is 8.68. The maximum Gasteiger partial charge on any atom is 0.339 e. The lowest BCUT2D eigenvalue weighted by atomic mass is 9.98. The van der Waals surface area contributed by atoms with E-state index in [1.165, 1.54) is 6.26 Å². The lowest BCUT2D eigenvalue weighted by Gasteiger charge is -2.08. The van der Waals surface area contributed by atoms with Gasteiger partial charge in [-0.15, -0.1) is 0 Å². The van der Waals surface area contributed by atoms with Crippen molar-refractivity contribution >= 4 is 23.4 Å². The van der Waals surface area contributed by atoms with Gasteiger partial charge in [-0.05, 0) is 42.5 Å². The van der Waals surface area contributed by atoms with E-state index in [4.69, 9.17) is 25.3 Å². The minimum Gasteiger partial charge on any atom is -0.461 e. The Bertz CT molecular complexity index is 1150. The van der Waals surface area contributed by atoms with E-state index in [0.29, 0.717) is 27.8 Å². The smallest absolute Gasteiger partial charge is 0.339 e. The molecule has 2 aromatic carbocycles. The Morgan fingerprint density at radius 3 is 2.41 bits per heavy atom. The van der Waals surface area contributed by atoms with Gasteiger partial charge in [0.2, 0.25) is 5.76 Å². The van der Waals surface area contributed by atoms with E-state index in [9.17, 15) is 9.59 Å². The average molecular weight is 408 g/mol. The van der Waals surface area contributed by atoms with Gasteiger partial charge in [0.25, 0.3) is 0 Å². The monoisotopic (exact) mass is 407 g/mol. The van der Waals surface area contributed by atoms with Crippen LogP contribution in [0.4, 0.5) is 0 Å². The Hall–Kier alpha value is -3.64. The van der Waals surface area contributed by atoms with Crippen molar-refractivity contribution < 1.29 is 23.3 Å². The fourth-order valence-corrected chi connectivity index (χ4v) is 2.87. The third kappa shape index (κ3) is 4.12. The highest BCUT2D eigenvalue weighted by atomic mass is 35.5. The van der Waals surface area contributed by atoms with Crippen LogP contribution in [0.2, 0.25) is 5.02 Å². The summed E-state index contributed by atoms with van der Waals surface area (Å²) in [6, 6.07) is 18.0. The average Bonchev–Trinajstić information content (AvgIpc) is 3.44. The molecule has 7 heteroatoms. The molecule has 0 aliphatic carbocycles. The number of nitrogens with zero attached hydrogens (tertiary/aromatic N) is 1. The van der Waals surface area contributed by atoms with Gasteiger partial charge in [0.05, 0.1) is 11.8 Å². The van der Waals surface area contributed by atoms with Crippen molar-refractivity contribution in [3.8, 4) is 11.5 Å². The van der Waals surface area contributed by atoms with Crippen LogP contribution < -0.4 is 0 Å². The highest BCUT2D eigenvalue weighted by molar-refractivity contribution is 6.30. The van der Waals surface area contributed by atoms with Crippen molar-refractivity contribution in [2.45, 2.75) is 6.61 Å². The van der Waals surface area contributed by atoms with Crippen molar-refractivity contribution in [3.63, 3.8) is 0 Å². The van der Waals surface area contributed by atoms with E-state index >= 15 is 0 Å². The van der Waals surface area contributed by atoms with Gasteiger partial charge < -0.3 is 13.7 Å². The van der Waals surface area contributed by atoms with Gasteiger partial charge >= 0.3 is 5.97 Å². The van der Waals surface area contributed by atoms with Gasteiger partial charge in [0.15, 0.2) is 11.5 Å². The molecule has 0 N–H and O–H groups in total. The summed E-state index contributed by atoms with van der Waals surface area (Å²) in [5.41, 5.74) is 1.26. The number of hydrogen-bond donors (Lipinski definition) is 0. The number of rotatable bonds is 6. The van der Waals surface area contributed by atoms with Gasteiger partial charge in [-0.25, -0.2) is 4.79 Å². The molecule has 2 heterocycles.